The largest absolute Gasteiger partial charge is 0.366 e. The molecule has 5 heteroatoms. The van der Waals surface area contributed by atoms with Gasteiger partial charge in [-0.15, -0.1) is 10.2 Å². The van der Waals surface area contributed by atoms with Crippen LogP contribution in [-0.4, -0.2) is 41.1 Å². The average molecular weight is 236 g/mol. The summed E-state index contributed by atoms with van der Waals surface area (Å²) in [4.78, 5) is 13.1. The monoisotopic (exact) mass is 236 g/mol. The highest BCUT2D eigenvalue weighted by atomic mass is 16.2. The van der Waals surface area contributed by atoms with Crippen LogP contribution in [0.5, 0.6) is 0 Å². The molecule has 17 heavy (non-hydrogen) atoms. The molecule has 0 radical (unpaired) electrons. The third-order valence-electron chi connectivity index (χ3n) is 2.67. The molecule has 1 aromatic heterocycles. The number of carbonyl (C=O) groups is 1. The van der Waals surface area contributed by atoms with E-state index < -0.39 is 0 Å². The van der Waals surface area contributed by atoms with Crippen LogP contribution in [0.4, 0.5) is 5.82 Å². The van der Waals surface area contributed by atoms with Crippen LogP contribution in [0.25, 0.3) is 0 Å². The van der Waals surface area contributed by atoms with Crippen molar-refractivity contribution in [1.29, 1.82) is 0 Å². The molecule has 1 unspecified atom stereocenters. The van der Waals surface area contributed by atoms with Crippen LogP contribution in [-0.2, 0) is 0 Å². The van der Waals surface area contributed by atoms with E-state index in [2.05, 4.69) is 36.3 Å². The molecule has 0 aromatic carbocycles. The van der Waals surface area contributed by atoms with Gasteiger partial charge < -0.3 is 10.2 Å². The quantitative estimate of drug-likeness (QED) is 0.863. The third kappa shape index (κ3) is 3.69. The zero-order chi connectivity index (χ0) is 13.0. The van der Waals surface area contributed by atoms with Gasteiger partial charge in [0, 0.05) is 20.1 Å². The van der Waals surface area contributed by atoms with Crippen LogP contribution in [0.3, 0.4) is 0 Å². The lowest BCUT2D eigenvalue weighted by Gasteiger charge is -2.17. The summed E-state index contributed by atoms with van der Waals surface area (Å²) >= 11 is 0. The number of carbonyl (C=O) groups excluding carboxylic acids is 1. The van der Waals surface area contributed by atoms with Crippen molar-refractivity contribution in [3.63, 3.8) is 0 Å². The van der Waals surface area contributed by atoms with E-state index in [9.17, 15) is 4.79 Å². The second-order valence-electron chi connectivity index (χ2n) is 4.68. The van der Waals surface area contributed by atoms with E-state index in [1.54, 1.807) is 26.2 Å². The van der Waals surface area contributed by atoms with Crippen LogP contribution in [0.15, 0.2) is 12.1 Å². The second-order valence-corrected chi connectivity index (χ2v) is 4.68. The molecular formula is C12H20N4O. The maximum atomic E-state index is 11.6. The zero-order valence-electron chi connectivity index (χ0n) is 11.1. The fourth-order valence-electron chi connectivity index (χ4n) is 1.15. The van der Waals surface area contributed by atoms with Crippen molar-refractivity contribution >= 4 is 11.7 Å². The Balaban J connectivity index is 2.72. The van der Waals surface area contributed by atoms with Gasteiger partial charge in [-0.1, -0.05) is 13.8 Å². The molecule has 1 rings (SSSR count). The van der Waals surface area contributed by atoms with Gasteiger partial charge in [-0.2, -0.15) is 0 Å². The molecular weight excluding hydrogens is 216 g/mol. The van der Waals surface area contributed by atoms with Crippen LogP contribution >= 0.6 is 0 Å². The van der Waals surface area contributed by atoms with Crippen molar-refractivity contribution in [2.45, 2.75) is 26.8 Å². The maximum absolute atomic E-state index is 11.6. The number of aromatic nitrogens is 2. The minimum absolute atomic E-state index is 0.138. The molecule has 0 saturated heterocycles. The van der Waals surface area contributed by atoms with Crippen molar-refractivity contribution in [3.05, 3.63) is 17.8 Å². The topological polar surface area (TPSA) is 58.1 Å². The first kappa shape index (κ1) is 13.4. The molecule has 0 bridgehead atoms. The lowest BCUT2D eigenvalue weighted by Crippen LogP contribution is -2.24. The Hall–Kier alpha value is -1.65. The molecule has 0 aliphatic rings. The molecule has 5 nitrogen and oxygen atoms in total. The lowest BCUT2D eigenvalue weighted by molar-refractivity contribution is 0.0821. The number of anilines is 1. The Labute approximate surface area is 102 Å². The summed E-state index contributed by atoms with van der Waals surface area (Å²) in [6.45, 7) is 6.36. The normalized spacial score (nSPS) is 12.4. The van der Waals surface area contributed by atoms with Gasteiger partial charge in [0.1, 0.15) is 5.82 Å². The van der Waals surface area contributed by atoms with Crippen molar-refractivity contribution in [1.82, 2.24) is 15.1 Å². The standard InChI is InChI=1S/C12H20N4O/c1-8(2)9(3)13-11-7-6-10(14-15-11)12(17)16(4)5/h6-9H,1-5H3,(H,13,15). The summed E-state index contributed by atoms with van der Waals surface area (Å²) in [5.41, 5.74) is 0.359. The Bertz CT molecular complexity index is 373. The number of hydrogen-bond donors (Lipinski definition) is 1. The van der Waals surface area contributed by atoms with Gasteiger partial charge in [0.15, 0.2) is 5.69 Å². The molecule has 0 spiro atoms. The van der Waals surface area contributed by atoms with E-state index in [-0.39, 0.29) is 5.91 Å². The summed E-state index contributed by atoms with van der Waals surface area (Å²) in [7, 11) is 3.38. The van der Waals surface area contributed by atoms with Gasteiger partial charge in [0.25, 0.3) is 5.91 Å². The first-order chi connectivity index (χ1) is 7.91. The molecule has 1 atom stereocenters. The van der Waals surface area contributed by atoms with Crippen LogP contribution < -0.4 is 5.32 Å². The molecule has 1 heterocycles. The number of amides is 1. The molecule has 1 N–H and O–H groups in total. The minimum atomic E-state index is -0.138. The number of rotatable bonds is 4. The van der Waals surface area contributed by atoms with Gasteiger partial charge in [-0.25, -0.2) is 0 Å². The summed E-state index contributed by atoms with van der Waals surface area (Å²) in [6, 6.07) is 3.78. The van der Waals surface area contributed by atoms with E-state index in [4.69, 9.17) is 0 Å². The molecule has 0 saturated carbocycles. The smallest absolute Gasteiger partial charge is 0.273 e. The fraction of sp³-hybridized carbons (Fsp3) is 0.583. The van der Waals surface area contributed by atoms with E-state index in [1.165, 1.54) is 4.90 Å². The van der Waals surface area contributed by atoms with Crippen molar-refractivity contribution in [3.8, 4) is 0 Å². The second kappa shape index (κ2) is 5.61. The molecule has 94 valence electrons. The highest BCUT2D eigenvalue weighted by molar-refractivity contribution is 5.91. The zero-order valence-corrected chi connectivity index (χ0v) is 11.1. The van der Waals surface area contributed by atoms with E-state index in [0.717, 1.165) is 0 Å². The SMILES string of the molecule is CC(C)C(C)Nc1ccc(C(=O)N(C)C)nn1. The average Bonchev–Trinajstić information content (AvgIpc) is 2.28. The summed E-state index contributed by atoms with van der Waals surface area (Å²) < 4.78 is 0. The predicted octanol–water partition coefficient (Wildman–Crippen LogP) is 1.63. The van der Waals surface area contributed by atoms with Crippen LogP contribution in [0.2, 0.25) is 0 Å². The van der Waals surface area contributed by atoms with Crippen molar-refractivity contribution in [2.24, 2.45) is 5.92 Å². The summed E-state index contributed by atoms with van der Waals surface area (Å²) in [5, 5.41) is 11.1. The highest BCUT2D eigenvalue weighted by Crippen LogP contribution is 2.09. The Morgan fingerprint density at radius 1 is 1.24 bits per heavy atom. The van der Waals surface area contributed by atoms with E-state index >= 15 is 0 Å². The molecule has 0 aliphatic carbocycles. The molecule has 0 fully saturated rings. The number of hydrogen-bond acceptors (Lipinski definition) is 4. The first-order valence-electron chi connectivity index (χ1n) is 5.73. The van der Waals surface area contributed by atoms with E-state index in [0.29, 0.717) is 23.5 Å². The third-order valence-corrected chi connectivity index (χ3v) is 2.67. The van der Waals surface area contributed by atoms with Crippen LogP contribution in [0.1, 0.15) is 31.3 Å². The Morgan fingerprint density at radius 3 is 2.29 bits per heavy atom. The molecule has 0 aliphatic heterocycles. The fourth-order valence-corrected chi connectivity index (χ4v) is 1.15. The van der Waals surface area contributed by atoms with Gasteiger partial charge >= 0.3 is 0 Å². The Morgan fingerprint density at radius 2 is 1.88 bits per heavy atom. The lowest BCUT2D eigenvalue weighted by atomic mass is 10.1. The number of nitrogens with zero attached hydrogens (tertiary/aromatic N) is 3. The van der Waals surface area contributed by atoms with Crippen LogP contribution in [0, 0.1) is 5.92 Å². The van der Waals surface area contributed by atoms with Gasteiger partial charge in [0.05, 0.1) is 0 Å². The Kier molecular flexibility index (Phi) is 4.43. The van der Waals surface area contributed by atoms with Gasteiger partial charge in [0.2, 0.25) is 0 Å². The maximum Gasteiger partial charge on any atom is 0.273 e. The van der Waals surface area contributed by atoms with Gasteiger partial charge in [-0.3, -0.25) is 4.79 Å². The summed E-state index contributed by atoms with van der Waals surface area (Å²) in [6.07, 6.45) is 0. The predicted molar refractivity (Wildman–Crippen MR) is 68.0 cm³/mol. The van der Waals surface area contributed by atoms with E-state index in [1.807, 2.05) is 0 Å². The molecule has 1 amide bonds. The van der Waals surface area contributed by atoms with Crippen molar-refractivity contribution in [2.75, 3.05) is 19.4 Å². The van der Waals surface area contributed by atoms with Gasteiger partial charge in [-0.05, 0) is 25.0 Å². The van der Waals surface area contributed by atoms with Crippen molar-refractivity contribution < 1.29 is 4.79 Å². The number of nitrogens with one attached hydrogen (secondary N) is 1. The molecule has 1 aromatic rings. The highest BCUT2D eigenvalue weighted by Gasteiger charge is 2.11. The summed E-state index contributed by atoms with van der Waals surface area (Å²) in [5.74, 6) is 1.07. The minimum Gasteiger partial charge on any atom is -0.366 e. The first-order valence-corrected chi connectivity index (χ1v) is 5.73.